The van der Waals surface area contributed by atoms with Crippen LogP contribution in [-0.2, 0) is 4.74 Å². The van der Waals surface area contributed by atoms with Crippen LogP contribution in [-0.4, -0.2) is 42.8 Å². The number of ether oxygens (including phenoxy) is 1. The van der Waals surface area contributed by atoms with Gasteiger partial charge in [0.05, 0.1) is 12.2 Å². The van der Waals surface area contributed by atoms with Crippen molar-refractivity contribution in [2.75, 3.05) is 19.6 Å². The fourth-order valence-electron chi connectivity index (χ4n) is 2.41. The molecule has 2 rings (SSSR count). The third kappa shape index (κ3) is 2.69. The maximum Gasteiger partial charge on any atom is 0.0678 e. The predicted octanol–water partition coefficient (Wildman–Crippen LogP) is 0.833. The highest BCUT2D eigenvalue weighted by Crippen LogP contribution is 2.32. The molecule has 0 radical (unpaired) electrons. The van der Waals surface area contributed by atoms with Crippen molar-refractivity contribution in [2.45, 2.75) is 44.9 Å². The number of nitrogens with zero attached hydrogens (tertiary/aromatic N) is 1. The Balaban J connectivity index is 1.78. The minimum Gasteiger partial charge on any atom is -0.373 e. The molecule has 1 aliphatic carbocycles. The Bertz CT molecular complexity index is 184. The van der Waals surface area contributed by atoms with Crippen molar-refractivity contribution in [3.05, 3.63) is 0 Å². The summed E-state index contributed by atoms with van der Waals surface area (Å²) in [5, 5.41) is 0. The second kappa shape index (κ2) is 4.17. The van der Waals surface area contributed by atoms with Gasteiger partial charge in [-0.15, -0.1) is 0 Å². The zero-order valence-corrected chi connectivity index (χ0v) is 9.28. The lowest BCUT2D eigenvalue weighted by molar-refractivity contribution is -0.0694. The van der Waals surface area contributed by atoms with E-state index >= 15 is 0 Å². The highest BCUT2D eigenvalue weighted by atomic mass is 16.5. The molecule has 0 aromatic rings. The third-order valence-corrected chi connectivity index (χ3v) is 3.19. The van der Waals surface area contributed by atoms with Crippen LogP contribution in [0.3, 0.4) is 0 Å². The number of rotatable bonds is 3. The van der Waals surface area contributed by atoms with E-state index in [0.717, 1.165) is 25.6 Å². The Morgan fingerprint density at radius 1 is 1.29 bits per heavy atom. The predicted molar refractivity (Wildman–Crippen MR) is 57.1 cm³/mol. The van der Waals surface area contributed by atoms with Crippen LogP contribution in [0, 0.1) is 5.92 Å². The van der Waals surface area contributed by atoms with E-state index < -0.39 is 0 Å². The second-order valence-corrected chi connectivity index (χ2v) is 4.98. The van der Waals surface area contributed by atoms with Crippen molar-refractivity contribution in [1.29, 1.82) is 0 Å². The molecule has 3 nitrogen and oxygen atoms in total. The Kier molecular flexibility index (Phi) is 3.10. The van der Waals surface area contributed by atoms with E-state index in [4.69, 9.17) is 10.5 Å². The van der Waals surface area contributed by atoms with Crippen molar-refractivity contribution in [3.8, 4) is 0 Å². The van der Waals surface area contributed by atoms with E-state index in [1.807, 2.05) is 0 Å². The molecule has 0 aromatic carbocycles. The van der Waals surface area contributed by atoms with Crippen molar-refractivity contribution in [3.63, 3.8) is 0 Å². The van der Waals surface area contributed by atoms with Gasteiger partial charge in [0.2, 0.25) is 0 Å². The first kappa shape index (κ1) is 10.4. The van der Waals surface area contributed by atoms with Gasteiger partial charge in [0.25, 0.3) is 0 Å². The monoisotopic (exact) mass is 198 g/mol. The molecular formula is C11H22N2O. The molecule has 2 aliphatic rings. The van der Waals surface area contributed by atoms with Crippen molar-refractivity contribution in [2.24, 2.45) is 11.7 Å². The first-order valence-corrected chi connectivity index (χ1v) is 5.78. The van der Waals surface area contributed by atoms with Gasteiger partial charge in [-0.1, -0.05) is 0 Å². The quantitative estimate of drug-likeness (QED) is 0.730. The van der Waals surface area contributed by atoms with E-state index in [-0.39, 0.29) is 0 Å². The topological polar surface area (TPSA) is 38.5 Å². The summed E-state index contributed by atoms with van der Waals surface area (Å²) in [6, 6.07) is 0.396. The summed E-state index contributed by atoms with van der Waals surface area (Å²) in [4.78, 5) is 2.46. The van der Waals surface area contributed by atoms with Crippen LogP contribution >= 0.6 is 0 Å². The van der Waals surface area contributed by atoms with E-state index in [1.54, 1.807) is 0 Å². The van der Waals surface area contributed by atoms with Crippen molar-refractivity contribution < 1.29 is 4.74 Å². The van der Waals surface area contributed by atoms with E-state index in [9.17, 15) is 0 Å². The summed E-state index contributed by atoms with van der Waals surface area (Å²) in [6.45, 7) is 7.44. The molecule has 0 amide bonds. The molecule has 82 valence electrons. The minimum absolute atomic E-state index is 0.366. The number of morpholine rings is 1. The van der Waals surface area contributed by atoms with Crippen LogP contribution in [0.1, 0.15) is 26.7 Å². The normalized spacial score (nSPS) is 37.1. The number of nitrogens with two attached hydrogens (primary N) is 1. The third-order valence-electron chi connectivity index (χ3n) is 3.19. The summed E-state index contributed by atoms with van der Waals surface area (Å²) >= 11 is 0. The molecule has 3 atom stereocenters. The fraction of sp³-hybridized carbons (Fsp3) is 1.00. The molecule has 1 saturated heterocycles. The zero-order chi connectivity index (χ0) is 10.1. The maximum atomic E-state index is 6.12. The van der Waals surface area contributed by atoms with E-state index in [2.05, 4.69) is 18.7 Å². The Morgan fingerprint density at radius 2 is 1.86 bits per heavy atom. The average molecular weight is 198 g/mol. The van der Waals surface area contributed by atoms with Crippen molar-refractivity contribution >= 4 is 0 Å². The maximum absolute atomic E-state index is 6.12. The summed E-state index contributed by atoms with van der Waals surface area (Å²) in [5.74, 6) is 0.809. The summed E-state index contributed by atoms with van der Waals surface area (Å²) in [7, 11) is 0. The number of hydrogen-bond donors (Lipinski definition) is 1. The molecule has 0 bridgehead atoms. The number of hydrogen-bond acceptors (Lipinski definition) is 3. The van der Waals surface area contributed by atoms with Gasteiger partial charge < -0.3 is 10.5 Å². The lowest BCUT2D eigenvalue weighted by Crippen LogP contribution is -2.49. The first-order chi connectivity index (χ1) is 6.65. The Hall–Kier alpha value is -0.120. The molecule has 0 spiro atoms. The van der Waals surface area contributed by atoms with Crippen LogP contribution < -0.4 is 5.73 Å². The molecular weight excluding hydrogens is 176 g/mol. The summed E-state index contributed by atoms with van der Waals surface area (Å²) in [6.07, 6.45) is 3.42. The molecule has 3 heteroatoms. The van der Waals surface area contributed by atoms with Gasteiger partial charge >= 0.3 is 0 Å². The van der Waals surface area contributed by atoms with Crippen LogP contribution in [0.25, 0.3) is 0 Å². The van der Waals surface area contributed by atoms with E-state index in [0.29, 0.717) is 18.2 Å². The molecule has 2 fully saturated rings. The molecule has 1 aliphatic heterocycles. The average Bonchev–Trinajstić information content (AvgIpc) is 2.82. The van der Waals surface area contributed by atoms with Gasteiger partial charge in [0.15, 0.2) is 0 Å². The van der Waals surface area contributed by atoms with Crippen LogP contribution in [0.2, 0.25) is 0 Å². The highest BCUT2D eigenvalue weighted by molar-refractivity contribution is 4.87. The lowest BCUT2D eigenvalue weighted by atomic mass is 10.1. The van der Waals surface area contributed by atoms with Gasteiger partial charge in [-0.3, -0.25) is 4.90 Å². The van der Waals surface area contributed by atoms with Gasteiger partial charge in [-0.2, -0.15) is 0 Å². The van der Waals surface area contributed by atoms with E-state index in [1.165, 1.54) is 12.8 Å². The van der Waals surface area contributed by atoms with Crippen molar-refractivity contribution in [1.82, 2.24) is 4.90 Å². The summed E-state index contributed by atoms with van der Waals surface area (Å²) < 4.78 is 5.69. The molecule has 2 N–H and O–H groups in total. The van der Waals surface area contributed by atoms with Gasteiger partial charge in [-0.25, -0.2) is 0 Å². The zero-order valence-electron chi connectivity index (χ0n) is 9.28. The standard InChI is InChI=1S/C11H22N2O/c1-8-5-13(6-9(2)14-8)7-11(12)10-3-4-10/h8-11H,3-7,12H2,1-2H3. The van der Waals surface area contributed by atoms with Gasteiger partial charge in [-0.05, 0) is 32.6 Å². The SMILES string of the molecule is CC1CN(CC(N)C2CC2)CC(C)O1. The molecule has 1 saturated carbocycles. The molecule has 3 unspecified atom stereocenters. The smallest absolute Gasteiger partial charge is 0.0678 e. The molecule has 14 heavy (non-hydrogen) atoms. The molecule has 0 aromatic heterocycles. The molecule has 1 heterocycles. The first-order valence-electron chi connectivity index (χ1n) is 5.78. The second-order valence-electron chi connectivity index (χ2n) is 4.98. The Labute approximate surface area is 86.6 Å². The van der Waals surface area contributed by atoms with Crippen LogP contribution in [0.15, 0.2) is 0 Å². The summed E-state index contributed by atoms with van der Waals surface area (Å²) in [5.41, 5.74) is 6.12. The van der Waals surface area contributed by atoms with Gasteiger partial charge in [0, 0.05) is 25.7 Å². The largest absolute Gasteiger partial charge is 0.373 e. The highest BCUT2D eigenvalue weighted by Gasteiger charge is 2.31. The van der Waals surface area contributed by atoms with Crippen LogP contribution in [0.4, 0.5) is 0 Å². The Morgan fingerprint density at radius 3 is 2.36 bits per heavy atom. The lowest BCUT2D eigenvalue weighted by Gasteiger charge is -2.36. The van der Waals surface area contributed by atoms with Crippen LogP contribution in [0.5, 0.6) is 0 Å². The van der Waals surface area contributed by atoms with Gasteiger partial charge in [0.1, 0.15) is 0 Å². The fourth-order valence-corrected chi connectivity index (χ4v) is 2.41. The minimum atomic E-state index is 0.366.